The van der Waals surface area contributed by atoms with Gasteiger partial charge in [0.25, 0.3) is 0 Å². The number of benzene rings is 1. The van der Waals surface area contributed by atoms with Gasteiger partial charge in [0.2, 0.25) is 0 Å². The van der Waals surface area contributed by atoms with Crippen LogP contribution in [0.4, 0.5) is 0 Å². The smallest absolute Gasteiger partial charge is 0.172 e. The molecule has 0 unspecified atom stereocenters. The first kappa shape index (κ1) is 10.0. The van der Waals surface area contributed by atoms with Gasteiger partial charge in [0.15, 0.2) is 11.5 Å². The lowest BCUT2D eigenvalue weighted by Gasteiger charge is -2.08. The van der Waals surface area contributed by atoms with Crippen LogP contribution in [0.15, 0.2) is 29.1 Å². The Morgan fingerprint density at radius 2 is 2.27 bits per heavy atom. The number of aromatic nitrogens is 2. The van der Waals surface area contributed by atoms with Gasteiger partial charge in [0.1, 0.15) is 0 Å². The molecule has 0 radical (unpaired) electrons. The molecule has 2 aromatic rings. The summed E-state index contributed by atoms with van der Waals surface area (Å²) in [6.45, 7) is 0. The van der Waals surface area contributed by atoms with E-state index in [1.165, 1.54) is 7.11 Å². The molecule has 0 fully saturated rings. The number of ether oxygens (including phenoxy) is 1. The van der Waals surface area contributed by atoms with E-state index in [1.54, 1.807) is 18.6 Å². The first-order valence-corrected chi connectivity index (χ1v) is 5.07. The Kier molecular flexibility index (Phi) is 2.64. The highest BCUT2D eigenvalue weighted by Crippen LogP contribution is 2.40. The van der Waals surface area contributed by atoms with Crippen LogP contribution in [0.1, 0.15) is 0 Å². The molecule has 0 aliphatic heterocycles. The maximum atomic E-state index is 9.77. The summed E-state index contributed by atoms with van der Waals surface area (Å²) in [5.41, 5.74) is 1.67. The minimum Gasteiger partial charge on any atom is -0.503 e. The van der Waals surface area contributed by atoms with Gasteiger partial charge in [-0.3, -0.25) is 0 Å². The zero-order valence-corrected chi connectivity index (χ0v) is 9.58. The van der Waals surface area contributed by atoms with Crippen LogP contribution >= 0.6 is 15.9 Å². The monoisotopic (exact) mass is 268 g/mol. The van der Waals surface area contributed by atoms with Gasteiger partial charge in [0.05, 0.1) is 29.8 Å². The van der Waals surface area contributed by atoms with E-state index in [1.807, 2.05) is 6.07 Å². The van der Waals surface area contributed by atoms with Gasteiger partial charge in [-0.25, -0.2) is 4.98 Å². The molecule has 0 aliphatic carbocycles. The zero-order chi connectivity index (χ0) is 10.8. The first-order valence-electron chi connectivity index (χ1n) is 4.28. The average Bonchev–Trinajstić information content (AvgIpc) is 2.75. The number of nitrogens with one attached hydrogen (secondary N) is 1. The molecule has 0 saturated heterocycles. The van der Waals surface area contributed by atoms with E-state index < -0.39 is 0 Å². The Hall–Kier alpha value is -1.49. The molecule has 5 heteroatoms. The highest BCUT2D eigenvalue weighted by atomic mass is 79.9. The van der Waals surface area contributed by atoms with Gasteiger partial charge >= 0.3 is 0 Å². The number of rotatable bonds is 2. The SMILES string of the molecule is COc1ccc(-c2cnc[nH]2)c(Br)c1O. The summed E-state index contributed by atoms with van der Waals surface area (Å²) in [5, 5.41) is 9.77. The molecule has 1 heterocycles. The van der Waals surface area contributed by atoms with Crippen molar-refractivity contribution in [2.24, 2.45) is 0 Å². The van der Waals surface area contributed by atoms with Gasteiger partial charge in [-0.1, -0.05) is 0 Å². The summed E-state index contributed by atoms with van der Waals surface area (Å²) in [5.74, 6) is 0.523. The van der Waals surface area contributed by atoms with Crippen LogP contribution < -0.4 is 4.74 Å². The lowest BCUT2D eigenvalue weighted by atomic mass is 10.1. The predicted molar refractivity (Wildman–Crippen MR) is 59.9 cm³/mol. The number of hydrogen-bond acceptors (Lipinski definition) is 3. The largest absolute Gasteiger partial charge is 0.503 e. The standard InChI is InChI=1S/C10H9BrN2O2/c1-15-8-3-2-6(9(11)10(8)14)7-4-12-5-13-7/h2-5,14H,1H3,(H,12,13). The van der Waals surface area contributed by atoms with E-state index in [0.29, 0.717) is 10.2 Å². The average molecular weight is 269 g/mol. The predicted octanol–water partition coefficient (Wildman–Crippen LogP) is 2.55. The molecule has 0 saturated carbocycles. The van der Waals surface area contributed by atoms with Crippen LogP contribution in [-0.2, 0) is 0 Å². The van der Waals surface area contributed by atoms with Crippen molar-refractivity contribution in [2.45, 2.75) is 0 Å². The van der Waals surface area contributed by atoms with E-state index in [4.69, 9.17) is 4.74 Å². The number of phenols is 1. The molecule has 4 nitrogen and oxygen atoms in total. The summed E-state index contributed by atoms with van der Waals surface area (Å²) in [4.78, 5) is 6.89. The Balaban J connectivity index is 2.56. The van der Waals surface area contributed by atoms with Gasteiger partial charge in [-0.2, -0.15) is 0 Å². The molecular formula is C10H9BrN2O2. The number of aromatic hydroxyl groups is 1. The van der Waals surface area contributed by atoms with Crippen molar-refractivity contribution in [1.82, 2.24) is 9.97 Å². The van der Waals surface area contributed by atoms with E-state index in [-0.39, 0.29) is 5.75 Å². The normalized spacial score (nSPS) is 10.3. The fourth-order valence-electron chi connectivity index (χ4n) is 1.32. The number of hydrogen-bond donors (Lipinski definition) is 2. The lowest BCUT2D eigenvalue weighted by Crippen LogP contribution is -1.86. The third kappa shape index (κ3) is 1.70. The molecule has 2 N–H and O–H groups in total. The maximum absolute atomic E-state index is 9.77. The highest BCUT2D eigenvalue weighted by molar-refractivity contribution is 9.10. The molecular weight excluding hydrogens is 260 g/mol. The molecule has 0 aliphatic rings. The lowest BCUT2D eigenvalue weighted by molar-refractivity contribution is 0.372. The minimum atomic E-state index is 0.0876. The molecule has 0 bridgehead atoms. The number of phenolic OH excluding ortho intramolecular Hbond substituents is 1. The van der Waals surface area contributed by atoms with Crippen LogP contribution in [0.25, 0.3) is 11.3 Å². The molecule has 0 amide bonds. The summed E-state index contributed by atoms with van der Waals surface area (Å²) < 4.78 is 5.58. The fourth-order valence-corrected chi connectivity index (χ4v) is 1.86. The molecule has 1 aromatic carbocycles. The first-order chi connectivity index (χ1) is 7.24. The second-order valence-corrected chi connectivity index (χ2v) is 3.74. The van der Waals surface area contributed by atoms with Gasteiger partial charge in [0, 0.05) is 5.56 Å². The second-order valence-electron chi connectivity index (χ2n) is 2.94. The van der Waals surface area contributed by atoms with Crippen molar-refractivity contribution in [3.63, 3.8) is 0 Å². The van der Waals surface area contributed by atoms with Crippen molar-refractivity contribution < 1.29 is 9.84 Å². The third-order valence-electron chi connectivity index (χ3n) is 2.09. The number of methoxy groups -OCH3 is 1. The second kappa shape index (κ2) is 3.94. The quantitative estimate of drug-likeness (QED) is 0.880. The zero-order valence-electron chi connectivity index (χ0n) is 7.99. The van der Waals surface area contributed by atoms with Crippen LogP contribution in [0.2, 0.25) is 0 Å². The number of aromatic amines is 1. The van der Waals surface area contributed by atoms with Crippen LogP contribution in [0.5, 0.6) is 11.5 Å². The topological polar surface area (TPSA) is 58.1 Å². The van der Waals surface area contributed by atoms with Crippen LogP contribution in [-0.4, -0.2) is 22.2 Å². The maximum Gasteiger partial charge on any atom is 0.172 e. The van der Waals surface area contributed by atoms with E-state index in [0.717, 1.165) is 11.3 Å². The van der Waals surface area contributed by atoms with Crippen molar-refractivity contribution in [1.29, 1.82) is 0 Å². The molecule has 2 rings (SSSR count). The summed E-state index contributed by atoms with van der Waals surface area (Å²) >= 11 is 3.32. The number of halogens is 1. The van der Waals surface area contributed by atoms with Gasteiger partial charge in [-0.15, -0.1) is 0 Å². The molecule has 0 atom stereocenters. The van der Waals surface area contributed by atoms with Crippen molar-refractivity contribution in [3.8, 4) is 22.8 Å². The molecule has 78 valence electrons. The van der Waals surface area contributed by atoms with Gasteiger partial charge < -0.3 is 14.8 Å². The molecule has 0 spiro atoms. The summed E-state index contributed by atoms with van der Waals surface area (Å²) in [7, 11) is 1.51. The van der Waals surface area contributed by atoms with E-state index in [9.17, 15) is 5.11 Å². The van der Waals surface area contributed by atoms with Crippen molar-refractivity contribution in [3.05, 3.63) is 29.1 Å². The number of H-pyrrole nitrogens is 1. The third-order valence-corrected chi connectivity index (χ3v) is 2.89. The van der Waals surface area contributed by atoms with Crippen molar-refractivity contribution >= 4 is 15.9 Å². The Labute approximate surface area is 95.1 Å². The number of imidazole rings is 1. The molecule has 1 aromatic heterocycles. The Morgan fingerprint density at radius 3 is 2.87 bits per heavy atom. The van der Waals surface area contributed by atoms with Gasteiger partial charge in [-0.05, 0) is 28.1 Å². The Bertz CT molecular complexity index is 469. The fraction of sp³-hybridized carbons (Fsp3) is 0.100. The van der Waals surface area contributed by atoms with E-state index in [2.05, 4.69) is 25.9 Å². The van der Waals surface area contributed by atoms with Crippen LogP contribution in [0.3, 0.4) is 0 Å². The summed E-state index contributed by atoms with van der Waals surface area (Å²) in [6.07, 6.45) is 3.27. The minimum absolute atomic E-state index is 0.0876. The van der Waals surface area contributed by atoms with E-state index >= 15 is 0 Å². The Morgan fingerprint density at radius 1 is 1.47 bits per heavy atom. The molecule has 15 heavy (non-hydrogen) atoms. The summed E-state index contributed by atoms with van der Waals surface area (Å²) in [6, 6.07) is 3.55. The van der Waals surface area contributed by atoms with Crippen molar-refractivity contribution in [2.75, 3.05) is 7.11 Å². The number of nitrogens with zero attached hydrogens (tertiary/aromatic N) is 1. The highest BCUT2D eigenvalue weighted by Gasteiger charge is 2.12. The van der Waals surface area contributed by atoms with Crippen LogP contribution in [0, 0.1) is 0 Å².